The first-order chi connectivity index (χ1) is 15.0. The standard InChI is InChI=1S/C23H20FN3O3S/c1-3-30-23(29)21-20(15-7-9-16(24)10-8-15)14(2)31-22(21)26-19(28)12-17-13-27-11-5-4-6-18(27)25-17/h4-11,13H,3,12H2,1-2H3,(H,26,28). The van der Waals surface area contributed by atoms with E-state index in [-0.39, 0.29) is 30.3 Å². The number of pyridine rings is 1. The van der Waals surface area contributed by atoms with Crippen LogP contribution in [-0.2, 0) is 16.0 Å². The van der Waals surface area contributed by atoms with E-state index in [9.17, 15) is 14.0 Å². The zero-order valence-electron chi connectivity index (χ0n) is 17.0. The number of aromatic nitrogens is 2. The summed E-state index contributed by atoms with van der Waals surface area (Å²) in [6.07, 6.45) is 3.72. The van der Waals surface area contributed by atoms with Gasteiger partial charge in [0.15, 0.2) is 0 Å². The minimum atomic E-state index is -0.533. The van der Waals surface area contributed by atoms with Crippen LogP contribution < -0.4 is 5.32 Å². The van der Waals surface area contributed by atoms with Gasteiger partial charge in [0.2, 0.25) is 5.91 Å². The first-order valence-corrected chi connectivity index (χ1v) is 10.6. The van der Waals surface area contributed by atoms with E-state index in [1.54, 1.807) is 25.3 Å². The summed E-state index contributed by atoms with van der Waals surface area (Å²) >= 11 is 1.29. The van der Waals surface area contributed by atoms with E-state index in [4.69, 9.17) is 4.74 Å². The Labute approximate surface area is 182 Å². The zero-order chi connectivity index (χ0) is 22.0. The van der Waals surface area contributed by atoms with Crippen LogP contribution in [0.3, 0.4) is 0 Å². The number of hydrogen-bond acceptors (Lipinski definition) is 5. The molecule has 6 nitrogen and oxygen atoms in total. The summed E-state index contributed by atoms with van der Waals surface area (Å²) in [6.45, 7) is 3.77. The third-order valence-electron chi connectivity index (χ3n) is 4.71. The van der Waals surface area contributed by atoms with Crippen LogP contribution in [0.15, 0.2) is 54.9 Å². The van der Waals surface area contributed by atoms with Gasteiger partial charge in [0.05, 0.1) is 18.7 Å². The molecule has 0 aliphatic rings. The Hall–Kier alpha value is -3.52. The fraction of sp³-hybridized carbons (Fsp3) is 0.174. The molecule has 0 spiro atoms. The van der Waals surface area contributed by atoms with E-state index in [1.807, 2.05) is 35.7 Å². The number of hydrogen-bond donors (Lipinski definition) is 1. The highest BCUT2D eigenvalue weighted by Crippen LogP contribution is 2.40. The predicted molar refractivity (Wildman–Crippen MR) is 118 cm³/mol. The molecule has 3 heterocycles. The number of benzene rings is 1. The number of carbonyl (C=O) groups is 2. The lowest BCUT2D eigenvalue weighted by Gasteiger charge is -2.09. The number of amides is 1. The van der Waals surface area contributed by atoms with Crippen molar-refractivity contribution in [3.05, 3.63) is 76.8 Å². The number of thiophene rings is 1. The van der Waals surface area contributed by atoms with Crippen molar-refractivity contribution in [3.63, 3.8) is 0 Å². The van der Waals surface area contributed by atoms with Crippen molar-refractivity contribution in [1.29, 1.82) is 0 Å². The van der Waals surface area contributed by atoms with E-state index < -0.39 is 5.97 Å². The summed E-state index contributed by atoms with van der Waals surface area (Å²) in [7, 11) is 0. The van der Waals surface area contributed by atoms with Gasteiger partial charge in [0, 0.05) is 22.8 Å². The number of esters is 1. The summed E-state index contributed by atoms with van der Waals surface area (Å²) in [5.74, 6) is -1.19. The first-order valence-electron chi connectivity index (χ1n) is 9.75. The molecule has 0 radical (unpaired) electrons. The molecule has 4 aromatic rings. The van der Waals surface area contributed by atoms with Gasteiger partial charge in [-0.3, -0.25) is 4.79 Å². The molecule has 1 amide bonds. The Morgan fingerprint density at radius 1 is 1.19 bits per heavy atom. The van der Waals surface area contributed by atoms with Gasteiger partial charge in [-0.1, -0.05) is 18.2 Å². The molecule has 4 rings (SSSR count). The Morgan fingerprint density at radius 2 is 1.97 bits per heavy atom. The number of rotatable bonds is 6. The van der Waals surface area contributed by atoms with E-state index in [0.717, 1.165) is 10.5 Å². The van der Waals surface area contributed by atoms with Crippen LogP contribution in [-0.4, -0.2) is 27.9 Å². The van der Waals surface area contributed by atoms with E-state index in [1.165, 1.54) is 23.5 Å². The van der Waals surface area contributed by atoms with Gasteiger partial charge in [0.1, 0.15) is 22.0 Å². The number of imidazole rings is 1. The van der Waals surface area contributed by atoms with Crippen molar-refractivity contribution < 1.29 is 18.7 Å². The van der Waals surface area contributed by atoms with Crippen LogP contribution in [0.4, 0.5) is 9.39 Å². The second kappa shape index (κ2) is 8.69. The van der Waals surface area contributed by atoms with Gasteiger partial charge in [-0.2, -0.15) is 0 Å². The number of nitrogens with zero attached hydrogens (tertiary/aromatic N) is 2. The van der Waals surface area contributed by atoms with Gasteiger partial charge in [-0.15, -0.1) is 11.3 Å². The van der Waals surface area contributed by atoms with Crippen LogP contribution in [0.25, 0.3) is 16.8 Å². The summed E-state index contributed by atoms with van der Waals surface area (Å²) in [5, 5.41) is 3.25. The first kappa shape index (κ1) is 20.7. The number of nitrogens with one attached hydrogen (secondary N) is 1. The molecule has 0 saturated heterocycles. The maximum Gasteiger partial charge on any atom is 0.341 e. The molecule has 8 heteroatoms. The lowest BCUT2D eigenvalue weighted by Crippen LogP contribution is -2.16. The minimum absolute atomic E-state index is 0.0623. The summed E-state index contributed by atoms with van der Waals surface area (Å²) < 4.78 is 20.5. The predicted octanol–water partition coefficient (Wildman–Crippen LogP) is 4.87. The molecule has 1 aromatic carbocycles. The molecule has 0 aliphatic carbocycles. The van der Waals surface area contributed by atoms with Crippen molar-refractivity contribution in [2.24, 2.45) is 0 Å². The Bertz CT molecular complexity index is 1230. The fourth-order valence-electron chi connectivity index (χ4n) is 3.40. The van der Waals surface area contributed by atoms with Crippen LogP contribution in [0, 0.1) is 12.7 Å². The molecule has 0 aliphatic heterocycles. The highest BCUT2D eigenvalue weighted by Gasteiger charge is 2.25. The van der Waals surface area contributed by atoms with Gasteiger partial charge in [-0.25, -0.2) is 14.2 Å². The Kier molecular flexibility index (Phi) is 5.81. The smallest absolute Gasteiger partial charge is 0.341 e. The van der Waals surface area contributed by atoms with Gasteiger partial charge in [0.25, 0.3) is 0 Å². The third-order valence-corrected chi connectivity index (χ3v) is 5.73. The molecule has 0 atom stereocenters. The van der Waals surface area contributed by atoms with E-state index in [0.29, 0.717) is 21.8 Å². The second-order valence-corrected chi connectivity index (χ2v) is 8.11. The van der Waals surface area contributed by atoms with Crippen molar-refractivity contribution in [2.75, 3.05) is 11.9 Å². The maximum absolute atomic E-state index is 13.4. The molecule has 0 saturated carbocycles. The average Bonchev–Trinajstić information content (AvgIpc) is 3.28. The number of ether oxygens (including phenoxy) is 1. The van der Waals surface area contributed by atoms with Crippen molar-refractivity contribution in [2.45, 2.75) is 20.3 Å². The van der Waals surface area contributed by atoms with Crippen molar-refractivity contribution in [1.82, 2.24) is 9.38 Å². The number of carbonyl (C=O) groups excluding carboxylic acids is 2. The quantitative estimate of drug-likeness (QED) is 0.437. The summed E-state index contributed by atoms with van der Waals surface area (Å²) in [6, 6.07) is 11.5. The van der Waals surface area contributed by atoms with Crippen molar-refractivity contribution >= 4 is 33.9 Å². The number of aryl methyl sites for hydroxylation is 1. The SMILES string of the molecule is CCOC(=O)c1c(NC(=O)Cc2cn3ccccc3n2)sc(C)c1-c1ccc(F)cc1. The number of fused-ring (bicyclic) bond motifs is 1. The van der Waals surface area contributed by atoms with Gasteiger partial charge >= 0.3 is 5.97 Å². The monoisotopic (exact) mass is 437 g/mol. The van der Waals surface area contributed by atoms with E-state index in [2.05, 4.69) is 10.3 Å². The highest BCUT2D eigenvalue weighted by molar-refractivity contribution is 7.17. The second-order valence-electron chi connectivity index (χ2n) is 6.89. The number of anilines is 1. The molecule has 1 N–H and O–H groups in total. The van der Waals surface area contributed by atoms with E-state index >= 15 is 0 Å². The molecule has 0 unspecified atom stereocenters. The molecule has 31 heavy (non-hydrogen) atoms. The van der Waals surface area contributed by atoms with Gasteiger partial charge < -0.3 is 14.5 Å². The molecule has 3 aromatic heterocycles. The van der Waals surface area contributed by atoms with Crippen LogP contribution in [0.1, 0.15) is 27.9 Å². The average molecular weight is 437 g/mol. The van der Waals surface area contributed by atoms with Crippen LogP contribution in [0.5, 0.6) is 0 Å². The molecule has 158 valence electrons. The third kappa shape index (κ3) is 4.34. The molecular formula is C23H20FN3O3S. The lowest BCUT2D eigenvalue weighted by molar-refractivity contribution is -0.115. The topological polar surface area (TPSA) is 72.7 Å². The summed E-state index contributed by atoms with van der Waals surface area (Å²) in [5.41, 5.74) is 2.96. The largest absolute Gasteiger partial charge is 0.462 e. The number of halogens is 1. The summed E-state index contributed by atoms with van der Waals surface area (Å²) in [4.78, 5) is 30.7. The Morgan fingerprint density at radius 3 is 2.68 bits per heavy atom. The van der Waals surface area contributed by atoms with Crippen molar-refractivity contribution in [3.8, 4) is 11.1 Å². The molecule has 0 bridgehead atoms. The normalized spacial score (nSPS) is 10.9. The zero-order valence-corrected chi connectivity index (χ0v) is 17.8. The lowest BCUT2D eigenvalue weighted by atomic mass is 10.0. The Balaban J connectivity index is 1.65. The molecule has 0 fully saturated rings. The van der Waals surface area contributed by atoms with Gasteiger partial charge in [-0.05, 0) is 43.7 Å². The van der Waals surface area contributed by atoms with Crippen LogP contribution >= 0.6 is 11.3 Å². The highest BCUT2D eigenvalue weighted by atomic mass is 32.1. The fourth-order valence-corrected chi connectivity index (χ4v) is 4.48. The van der Waals surface area contributed by atoms with Crippen LogP contribution in [0.2, 0.25) is 0 Å². The maximum atomic E-state index is 13.4. The molecular weight excluding hydrogens is 417 g/mol. The minimum Gasteiger partial charge on any atom is -0.462 e.